The van der Waals surface area contributed by atoms with Gasteiger partial charge in [0.05, 0.1) is 0 Å². The van der Waals surface area contributed by atoms with Crippen LogP contribution in [0, 0.1) is 0 Å². The summed E-state index contributed by atoms with van der Waals surface area (Å²) in [5.74, 6) is -2.64. The van der Waals surface area contributed by atoms with E-state index >= 15 is 0 Å². The molecule has 11 nitrogen and oxygen atoms in total. The van der Waals surface area contributed by atoms with Gasteiger partial charge in [-0.1, -0.05) is 30.3 Å². The highest BCUT2D eigenvalue weighted by Crippen LogP contribution is 2.08. The van der Waals surface area contributed by atoms with Crippen LogP contribution in [0.2, 0.25) is 0 Å². The number of benzene rings is 1. The Balaban J connectivity index is 2.63. The molecule has 0 spiro atoms. The predicted molar refractivity (Wildman–Crippen MR) is 123 cm³/mol. The Morgan fingerprint density at radius 3 is 2.06 bits per heavy atom. The molecule has 11 heteroatoms. The van der Waals surface area contributed by atoms with Gasteiger partial charge < -0.3 is 31.2 Å². The second-order valence-electron chi connectivity index (χ2n) is 8.76. The van der Waals surface area contributed by atoms with Crippen LogP contribution < -0.4 is 21.7 Å². The molecule has 3 atom stereocenters. The molecule has 188 valence electrons. The van der Waals surface area contributed by atoms with Gasteiger partial charge in [0.15, 0.2) is 0 Å². The molecule has 0 unspecified atom stereocenters. The van der Waals surface area contributed by atoms with Crippen molar-refractivity contribution >= 4 is 29.8 Å². The van der Waals surface area contributed by atoms with Gasteiger partial charge in [-0.2, -0.15) is 0 Å². The molecule has 0 heterocycles. The number of hydrogen-bond donors (Lipinski definition) is 4. The first-order valence-corrected chi connectivity index (χ1v) is 10.9. The van der Waals surface area contributed by atoms with Gasteiger partial charge >= 0.3 is 12.1 Å². The van der Waals surface area contributed by atoms with Gasteiger partial charge in [0, 0.05) is 6.42 Å². The fourth-order valence-corrected chi connectivity index (χ4v) is 2.64. The van der Waals surface area contributed by atoms with Crippen LogP contribution in [0.5, 0.6) is 0 Å². The Labute approximate surface area is 199 Å². The monoisotopic (exact) mass is 478 g/mol. The van der Waals surface area contributed by atoms with Crippen molar-refractivity contribution in [2.24, 2.45) is 5.73 Å². The van der Waals surface area contributed by atoms with Gasteiger partial charge in [-0.3, -0.25) is 14.4 Å². The Bertz CT molecular complexity index is 868. The van der Waals surface area contributed by atoms with Crippen molar-refractivity contribution in [2.45, 2.75) is 77.8 Å². The number of nitrogens with two attached hydrogens (primary N) is 1. The maximum absolute atomic E-state index is 12.6. The van der Waals surface area contributed by atoms with E-state index in [0.29, 0.717) is 0 Å². The van der Waals surface area contributed by atoms with Crippen molar-refractivity contribution in [1.29, 1.82) is 0 Å². The minimum Gasteiger partial charge on any atom is -0.459 e. The summed E-state index contributed by atoms with van der Waals surface area (Å²) in [4.78, 5) is 60.5. The second-order valence-corrected chi connectivity index (χ2v) is 8.76. The first kappa shape index (κ1) is 28.4. The molecule has 0 bridgehead atoms. The number of amides is 4. The summed E-state index contributed by atoms with van der Waals surface area (Å²) >= 11 is 0. The van der Waals surface area contributed by atoms with Crippen molar-refractivity contribution in [1.82, 2.24) is 16.0 Å². The first-order valence-electron chi connectivity index (χ1n) is 10.9. The zero-order chi connectivity index (χ0) is 25.9. The SMILES string of the molecule is C[C@H](NC(=O)[C@H](CCC(N)=O)NC(=O)OC(C)(C)C)C(=O)N[C@@H](C)C(=O)OCc1ccccc1. The van der Waals surface area contributed by atoms with E-state index in [9.17, 15) is 24.0 Å². The molecule has 0 saturated heterocycles. The van der Waals surface area contributed by atoms with E-state index in [1.807, 2.05) is 18.2 Å². The number of nitrogens with one attached hydrogen (secondary N) is 3. The Morgan fingerprint density at radius 1 is 0.912 bits per heavy atom. The topological polar surface area (TPSA) is 166 Å². The van der Waals surface area contributed by atoms with Crippen molar-refractivity contribution in [3.63, 3.8) is 0 Å². The van der Waals surface area contributed by atoms with Gasteiger partial charge in [0.1, 0.15) is 30.3 Å². The molecule has 0 aliphatic heterocycles. The van der Waals surface area contributed by atoms with Crippen LogP contribution in [-0.2, 0) is 35.3 Å². The molecule has 1 aromatic rings. The lowest BCUT2D eigenvalue weighted by molar-refractivity contribution is -0.148. The maximum atomic E-state index is 12.6. The van der Waals surface area contributed by atoms with Crippen LogP contribution >= 0.6 is 0 Å². The van der Waals surface area contributed by atoms with E-state index in [1.165, 1.54) is 13.8 Å². The number of esters is 1. The minimum absolute atomic E-state index is 0.0596. The highest BCUT2D eigenvalue weighted by molar-refractivity contribution is 5.93. The van der Waals surface area contributed by atoms with Crippen molar-refractivity contribution < 1.29 is 33.4 Å². The third kappa shape index (κ3) is 11.3. The largest absolute Gasteiger partial charge is 0.459 e. The first-order chi connectivity index (χ1) is 15.8. The summed E-state index contributed by atoms with van der Waals surface area (Å²) < 4.78 is 10.3. The Morgan fingerprint density at radius 2 is 1.50 bits per heavy atom. The quantitative estimate of drug-likeness (QED) is 0.343. The lowest BCUT2D eigenvalue weighted by atomic mass is 10.1. The number of carbonyl (C=O) groups is 5. The molecule has 34 heavy (non-hydrogen) atoms. The third-order valence-electron chi connectivity index (χ3n) is 4.38. The van der Waals surface area contributed by atoms with E-state index < -0.39 is 53.5 Å². The van der Waals surface area contributed by atoms with Crippen molar-refractivity contribution in [3.8, 4) is 0 Å². The second kappa shape index (κ2) is 13.2. The zero-order valence-corrected chi connectivity index (χ0v) is 20.2. The van der Waals surface area contributed by atoms with Crippen LogP contribution in [0.1, 0.15) is 53.0 Å². The van der Waals surface area contributed by atoms with Gasteiger partial charge in [-0.15, -0.1) is 0 Å². The maximum Gasteiger partial charge on any atom is 0.408 e. The molecule has 0 fully saturated rings. The number of primary amides is 1. The summed E-state index contributed by atoms with van der Waals surface area (Å²) in [7, 11) is 0. The minimum atomic E-state index is -1.16. The van der Waals surface area contributed by atoms with E-state index in [1.54, 1.807) is 32.9 Å². The van der Waals surface area contributed by atoms with E-state index in [0.717, 1.165) is 5.56 Å². The summed E-state index contributed by atoms with van der Waals surface area (Å²) in [6.07, 6.45) is -1.11. The molecule has 1 rings (SSSR count). The van der Waals surface area contributed by atoms with Gasteiger partial charge in [-0.05, 0) is 46.6 Å². The summed E-state index contributed by atoms with van der Waals surface area (Å²) in [6, 6.07) is 5.90. The average molecular weight is 479 g/mol. The summed E-state index contributed by atoms with van der Waals surface area (Å²) in [5.41, 5.74) is 5.15. The van der Waals surface area contributed by atoms with E-state index in [2.05, 4.69) is 16.0 Å². The molecular formula is C23H34N4O7. The molecule has 4 amide bonds. The fourth-order valence-electron chi connectivity index (χ4n) is 2.64. The standard InChI is InChI=1S/C23H34N4O7/c1-14(19(29)26-15(2)21(31)33-13-16-9-7-6-8-10-16)25-20(30)17(11-12-18(24)28)27-22(32)34-23(3,4)5/h6-10,14-15,17H,11-13H2,1-5H3,(H2,24,28)(H,25,30)(H,26,29)(H,27,32)/t14-,15-,17-/m0/s1. The Hall–Kier alpha value is -3.63. The van der Waals surface area contributed by atoms with E-state index in [-0.39, 0.29) is 19.4 Å². The molecular weight excluding hydrogens is 444 g/mol. The van der Waals surface area contributed by atoms with Gasteiger partial charge in [0.25, 0.3) is 0 Å². The normalized spacial score (nSPS) is 13.6. The fraction of sp³-hybridized carbons (Fsp3) is 0.522. The number of alkyl carbamates (subject to hydrolysis) is 1. The highest BCUT2D eigenvalue weighted by atomic mass is 16.6. The lowest BCUT2D eigenvalue weighted by Crippen LogP contribution is -2.55. The predicted octanol–water partition coefficient (Wildman–Crippen LogP) is 0.898. The molecule has 0 aromatic heterocycles. The van der Waals surface area contributed by atoms with Crippen LogP contribution in [-0.4, -0.2) is 53.5 Å². The third-order valence-corrected chi connectivity index (χ3v) is 4.38. The van der Waals surface area contributed by atoms with Gasteiger partial charge in [-0.25, -0.2) is 9.59 Å². The molecule has 0 aliphatic rings. The van der Waals surface area contributed by atoms with Crippen LogP contribution in [0.4, 0.5) is 4.79 Å². The van der Waals surface area contributed by atoms with Crippen LogP contribution in [0.3, 0.4) is 0 Å². The van der Waals surface area contributed by atoms with Gasteiger partial charge in [0.2, 0.25) is 17.7 Å². The summed E-state index contributed by atoms with van der Waals surface area (Å²) in [6.45, 7) is 7.90. The Kier molecular flexibility index (Phi) is 11.0. The molecule has 5 N–H and O–H groups in total. The molecule has 1 aromatic carbocycles. The van der Waals surface area contributed by atoms with Crippen LogP contribution in [0.15, 0.2) is 30.3 Å². The highest BCUT2D eigenvalue weighted by Gasteiger charge is 2.28. The summed E-state index contributed by atoms with van der Waals surface area (Å²) in [5, 5.41) is 7.29. The van der Waals surface area contributed by atoms with Crippen LogP contribution in [0.25, 0.3) is 0 Å². The molecule has 0 radical (unpaired) electrons. The lowest BCUT2D eigenvalue weighted by Gasteiger charge is -2.24. The molecule has 0 saturated carbocycles. The van der Waals surface area contributed by atoms with Crippen molar-refractivity contribution in [3.05, 3.63) is 35.9 Å². The molecule has 0 aliphatic carbocycles. The number of hydrogen-bond acceptors (Lipinski definition) is 7. The number of rotatable bonds is 11. The number of ether oxygens (including phenoxy) is 2. The van der Waals surface area contributed by atoms with Crippen molar-refractivity contribution in [2.75, 3.05) is 0 Å². The van der Waals surface area contributed by atoms with E-state index in [4.69, 9.17) is 15.2 Å². The smallest absolute Gasteiger partial charge is 0.408 e. The average Bonchev–Trinajstić information content (AvgIpc) is 2.73. The zero-order valence-electron chi connectivity index (χ0n) is 20.2. The number of carbonyl (C=O) groups excluding carboxylic acids is 5.